The maximum absolute atomic E-state index is 5.40. The molecule has 4 rings (SSSR count). The standard InChI is InChI=1S/C16H11BrN2O2/c17-12-3-1-2-11(6-12)16-18-8-13(19-16)10-4-5-14-15(7-10)21-9-20-14/h1-8H,9H2,(H,18,19). The zero-order valence-electron chi connectivity index (χ0n) is 11.0. The van der Waals surface area contributed by atoms with Gasteiger partial charge in [0.25, 0.3) is 0 Å². The van der Waals surface area contributed by atoms with Crippen molar-refractivity contribution in [3.63, 3.8) is 0 Å². The number of nitrogens with one attached hydrogen (secondary N) is 1. The average Bonchev–Trinajstić information content (AvgIpc) is 3.15. The lowest BCUT2D eigenvalue weighted by Crippen LogP contribution is -1.92. The Bertz CT molecular complexity index is 814. The van der Waals surface area contributed by atoms with Crippen molar-refractivity contribution in [2.75, 3.05) is 6.79 Å². The van der Waals surface area contributed by atoms with E-state index in [9.17, 15) is 0 Å². The number of hydrogen-bond donors (Lipinski definition) is 1. The molecule has 4 nitrogen and oxygen atoms in total. The highest BCUT2D eigenvalue weighted by Gasteiger charge is 2.15. The fraction of sp³-hybridized carbons (Fsp3) is 0.0625. The molecule has 0 fully saturated rings. The van der Waals surface area contributed by atoms with Gasteiger partial charge in [0.05, 0.1) is 5.69 Å². The minimum absolute atomic E-state index is 0.280. The van der Waals surface area contributed by atoms with Gasteiger partial charge < -0.3 is 14.5 Å². The molecule has 2 aromatic carbocycles. The molecule has 3 aromatic rings. The van der Waals surface area contributed by atoms with Crippen LogP contribution in [0.4, 0.5) is 0 Å². The van der Waals surface area contributed by atoms with Crippen molar-refractivity contribution >= 4 is 15.9 Å². The fourth-order valence-corrected chi connectivity index (χ4v) is 2.71. The number of nitrogens with zero attached hydrogens (tertiary/aromatic N) is 1. The summed E-state index contributed by atoms with van der Waals surface area (Å²) in [5, 5.41) is 0. The van der Waals surface area contributed by atoms with Gasteiger partial charge in [0.1, 0.15) is 5.82 Å². The van der Waals surface area contributed by atoms with Crippen LogP contribution >= 0.6 is 15.9 Å². The van der Waals surface area contributed by atoms with Crippen LogP contribution in [0.5, 0.6) is 11.5 Å². The third kappa shape index (κ3) is 2.29. The van der Waals surface area contributed by atoms with E-state index in [0.717, 1.165) is 38.6 Å². The predicted octanol–water partition coefficient (Wildman–Crippen LogP) is 4.23. The van der Waals surface area contributed by atoms with Crippen LogP contribution in [0.15, 0.2) is 53.1 Å². The third-order valence-corrected chi connectivity index (χ3v) is 3.84. The van der Waals surface area contributed by atoms with Gasteiger partial charge in [-0.25, -0.2) is 4.98 Å². The van der Waals surface area contributed by atoms with Gasteiger partial charge in [-0.3, -0.25) is 0 Å². The lowest BCUT2D eigenvalue weighted by molar-refractivity contribution is 0.174. The normalized spacial score (nSPS) is 12.6. The number of aromatic amines is 1. The van der Waals surface area contributed by atoms with E-state index >= 15 is 0 Å². The van der Waals surface area contributed by atoms with E-state index < -0.39 is 0 Å². The minimum Gasteiger partial charge on any atom is -0.454 e. The van der Waals surface area contributed by atoms with Gasteiger partial charge in [-0.1, -0.05) is 28.1 Å². The summed E-state index contributed by atoms with van der Waals surface area (Å²) in [6.07, 6.45) is 1.90. The van der Waals surface area contributed by atoms with Crippen molar-refractivity contribution in [3.05, 3.63) is 53.1 Å². The zero-order valence-corrected chi connectivity index (χ0v) is 12.6. The molecular weight excluding hydrogens is 332 g/mol. The van der Waals surface area contributed by atoms with E-state index in [1.807, 2.05) is 48.7 Å². The highest BCUT2D eigenvalue weighted by atomic mass is 79.9. The Morgan fingerprint density at radius 3 is 2.81 bits per heavy atom. The van der Waals surface area contributed by atoms with Gasteiger partial charge in [0.15, 0.2) is 11.5 Å². The van der Waals surface area contributed by atoms with E-state index in [-0.39, 0.29) is 6.79 Å². The van der Waals surface area contributed by atoms with Crippen LogP contribution < -0.4 is 9.47 Å². The summed E-state index contributed by atoms with van der Waals surface area (Å²) < 4.78 is 11.8. The summed E-state index contributed by atoms with van der Waals surface area (Å²) in [6.45, 7) is 0.280. The number of hydrogen-bond acceptors (Lipinski definition) is 3. The molecule has 0 atom stereocenters. The van der Waals surface area contributed by atoms with Crippen LogP contribution in [0.25, 0.3) is 22.6 Å². The number of benzene rings is 2. The quantitative estimate of drug-likeness (QED) is 0.757. The van der Waals surface area contributed by atoms with Crippen LogP contribution in [0.1, 0.15) is 0 Å². The second kappa shape index (κ2) is 4.93. The number of H-pyrrole nitrogens is 1. The molecule has 1 aromatic heterocycles. The molecule has 0 amide bonds. The molecule has 0 saturated heterocycles. The summed E-state index contributed by atoms with van der Waals surface area (Å²) in [4.78, 5) is 7.86. The first kappa shape index (κ1) is 12.5. The molecule has 2 heterocycles. The van der Waals surface area contributed by atoms with Crippen molar-refractivity contribution in [2.24, 2.45) is 0 Å². The third-order valence-electron chi connectivity index (χ3n) is 3.34. The Morgan fingerprint density at radius 1 is 1.00 bits per heavy atom. The van der Waals surface area contributed by atoms with E-state index in [1.165, 1.54) is 0 Å². The van der Waals surface area contributed by atoms with Crippen LogP contribution in [-0.2, 0) is 0 Å². The maximum atomic E-state index is 5.40. The minimum atomic E-state index is 0.280. The first-order valence-corrected chi connectivity index (χ1v) is 7.30. The molecule has 0 saturated carbocycles. The van der Waals surface area contributed by atoms with Gasteiger partial charge in [0.2, 0.25) is 6.79 Å². The molecule has 1 N–H and O–H groups in total. The molecule has 21 heavy (non-hydrogen) atoms. The number of fused-ring (bicyclic) bond motifs is 1. The summed E-state index contributed by atoms with van der Waals surface area (Å²) in [5.41, 5.74) is 2.91. The number of ether oxygens (including phenoxy) is 2. The second-order valence-electron chi connectivity index (χ2n) is 4.71. The number of rotatable bonds is 2. The predicted molar refractivity (Wildman–Crippen MR) is 83.3 cm³/mol. The SMILES string of the molecule is Brc1cccc(-c2nc(-c3ccc4c(c3)OCO4)c[nH]2)c1. The molecule has 104 valence electrons. The van der Waals surface area contributed by atoms with Gasteiger partial charge in [-0.05, 0) is 30.3 Å². The number of imidazole rings is 1. The van der Waals surface area contributed by atoms with Crippen molar-refractivity contribution in [3.8, 4) is 34.1 Å². The highest BCUT2D eigenvalue weighted by Crippen LogP contribution is 2.35. The highest BCUT2D eigenvalue weighted by molar-refractivity contribution is 9.10. The van der Waals surface area contributed by atoms with Gasteiger partial charge in [-0.15, -0.1) is 0 Å². The van der Waals surface area contributed by atoms with E-state index in [0.29, 0.717) is 0 Å². The monoisotopic (exact) mass is 342 g/mol. The molecule has 0 aliphatic carbocycles. The molecule has 1 aliphatic heterocycles. The molecule has 0 unspecified atom stereocenters. The number of halogens is 1. The summed E-state index contributed by atoms with van der Waals surface area (Å²) >= 11 is 3.47. The van der Waals surface area contributed by atoms with E-state index in [4.69, 9.17) is 9.47 Å². The first-order chi connectivity index (χ1) is 10.3. The Balaban J connectivity index is 1.71. The molecule has 1 aliphatic rings. The maximum Gasteiger partial charge on any atom is 0.231 e. The molecular formula is C16H11BrN2O2. The Labute approximate surface area is 129 Å². The van der Waals surface area contributed by atoms with Crippen molar-refractivity contribution in [2.45, 2.75) is 0 Å². The van der Waals surface area contributed by atoms with Crippen molar-refractivity contribution in [1.29, 1.82) is 0 Å². The summed E-state index contributed by atoms with van der Waals surface area (Å²) in [6, 6.07) is 13.9. The number of aromatic nitrogens is 2. The summed E-state index contributed by atoms with van der Waals surface area (Å²) in [7, 11) is 0. The topological polar surface area (TPSA) is 47.1 Å². The Hall–Kier alpha value is -2.27. The smallest absolute Gasteiger partial charge is 0.231 e. The van der Waals surface area contributed by atoms with Crippen molar-refractivity contribution in [1.82, 2.24) is 9.97 Å². The Kier molecular flexibility index (Phi) is 2.93. The van der Waals surface area contributed by atoms with Crippen LogP contribution in [0.2, 0.25) is 0 Å². The van der Waals surface area contributed by atoms with E-state index in [2.05, 4.69) is 25.9 Å². The first-order valence-electron chi connectivity index (χ1n) is 6.51. The molecule has 0 spiro atoms. The van der Waals surface area contributed by atoms with Crippen LogP contribution in [0.3, 0.4) is 0 Å². The molecule has 0 bridgehead atoms. The lowest BCUT2D eigenvalue weighted by Gasteiger charge is -2.00. The average molecular weight is 343 g/mol. The van der Waals surface area contributed by atoms with E-state index in [1.54, 1.807) is 0 Å². The van der Waals surface area contributed by atoms with Gasteiger partial charge in [-0.2, -0.15) is 0 Å². The molecule has 0 radical (unpaired) electrons. The van der Waals surface area contributed by atoms with Gasteiger partial charge in [0, 0.05) is 21.8 Å². The fourth-order valence-electron chi connectivity index (χ4n) is 2.31. The van der Waals surface area contributed by atoms with Gasteiger partial charge >= 0.3 is 0 Å². The van der Waals surface area contributed by atoms with Crippen molar-refractivity contribution < 1.29 is 9.47 Å². The van der Waals surface area contributed by atoms with Crippen LogP contribution in [-0.4, -0.2) is 16.8 Å². The lowest BCUT2D eigenvalue weighted by atomic mass is 10.1. The summed E-state index contributed by atoms with van der Waals surface area (Å²) in [5.74, 6) is 2.38. The van der Waals surface area contributed by atoms with Crippen LogP contribution in [0, 0.1) is 0 Å². The largest absolute Gasteiger partial charge is 0.454 e. The Morgan fingerprint density at radius 2 is 1.90 bits per heavy atom. The molecule has 5 heteroatoms. The zero-order chi connectivity index (χ0) is 14.2. The second-order valence-corrected chi connectivity index (χ2v) is 5.63.